The standard InChI is InChI=1S/C16H24N2O3/c1-17(11-12-18-9-5-6-10-18)16(19)13-21-15-8-4-3-7-14(15)20-2/h3-4,7-8H,5-6,9-13H2,1-2H3. The van der Waals surface area contributed by atoms with Crippen molar-refractivity contribution in [1.29, 1.82) is 0 Å². The van der Waals surface area contributed by atoms with Crippen molar-refractivity contribution < 1.29 is 14.3 Å². The van der Waals surface area contributed by atoms with Gasteiger partial charge in [0.2, 0.25) is 0 Å². The van der Waals surface area contributed by atoms with Crippen LogP contribution < -0.4 is 9.47 Å². The third kappa shape index (κ3) is 4.63. The summed E-state index contributed by atoms with van der Waals surface area (Å²) < 4.78 is 10.7. The van der Waals surface area contributed by atoms with Crippen molar-refractivity contribution in [2.75, 3.05) is 46.9 Å². The number of amides is 1. The van der Waals surface area contributed by atoms with Crippen LogP contribution in [-0.2, 0) is 4.79 Å². The number of carbonyl (C=O) groups is 1. The zero-order chi connectivity index (χ0) is 15.1. The van der Waals surface area contributed by atoms with E-state index in [2.05, 4.69) is 4.90 Å². The normalized spacial score (nSPS) is 15.0. The summed E-state index contributed by atoms with van der Waals surface area (Å²) in [7, 11) is 3.41. The molecule has 0 saturated carbocycles. The number of likely N-dealkylation sites (tertiary alicyclic amines) is 1. The average Bonchev–Trinajstić information content (AvgIpc) is 3.03. The molecule has 2 rings (SSSR count). The third-order valence-corrected chi connectivity index (χ3v) is 3.80. The Bertz CT molecular complexity index is 459. The van der Waals surface area contributed by atoms with Crippen LogP contribution in [-0.4, -0.2) is 62.7 Å². The van der Waals surface area contributed by atoms with E-state index in [1.54, 1.807) is 18.1 Å². The lowest BCUT2D eigenvalue weighted by atomic mass is 10.3. The van der Waals surface area contributed by atoms with Gasteiger partial charge >= 0.3 is 0 Å². The van der Waals surface area contributed by atoms with E-state index in [9.17, 15) is 4.79 Å². The highest BCUT2D eigenvalue weighted by Gasteiger charge is 2.15. The highest BCUT2D eigenvalue weighted by molar-refractivity contribution is 5.77. The minimum absolute atomic E-state index is 0.0138. The molecule has 1 aromatic carbocycles. The van der Waals surface area contributed by atoms with Gasteiger partial charge in [0.25, 0.3) is 5.91 Å². The molecule has 0 spiro atoms. The molecule has 0 bridgehead atoms. The molecule has 5 nitrogen and oxygen atoms in total. The van der Waals surface area contributed by atoms with Crippen LogP contribution in [0.5, 0.6) is 11.5 Å². The Hall–Kier alpha value is -1.75. The highest BCUT2D eigenvalue weighted by Crippen LogP contribution is 2.25. The van der Waals surface area contributed by atoms with E-state index >= 15 is 0 Å². The van der Waals surface area contributed by atoms with Crippen molar-refractivity contribution in [3.8, 4) is 11.5 Å². The van der Waals surface area contributed by atoms with Gasteiger partial charge in [0.15, 0.2) is 18.1 Å². The molecule has 0 unspecified atom stereocenters. The maximum atomic E-state index is 12.1. The van der Waals surface area contributed by atoms with Crippen molar-refractivity contribution in [3.05, 3.63) is 24.3 Å². The van der Waals surface area contributed by atoms with Crippen LogP contribution in [0.15, 0.2) is 24.3 Å². The molecule has 0 atom stereocenters. The van der Waals surface area contributed by atoms with Crippen LogP contribution in [0.25, 0.3) is 0 Å². The summed E-state index contributed by atoms with van der Waals surface area (Å²) in [5.41, 5.74) is 0. The van der Waals surface area contributed by atoms with Gasteiger partial charge in [0.05, 0.1) is 7.11 Å². The quantitative estimate of drug-likeness (QED) is 0.766. The van der Waals surface area contributed by atoms with Crippen LogP contribution in [0.2, 0.25) is 0 Å². The Labute approximate surface area is 126 Å². The fourth-order valence-corrected chi connectivity index (χ4v) is 2.41. The molecule has 1 aromatic rings. The summed E-state index contributed by atoms with van der Waals surface area (Å²) in [4.78, 5) is 16.2. The molecular weight excluding hydrogens is 268 g/mol. The molecule has 1 fully saturated rings. The smallest absolute Gasteiger partial charge is 0.260 e. The van der Waals surface area contributed by atoms with E-state index in [1.165, 1.54) is 12.8 Å². The Morgan fingerprint density at radius 3 is 2.57 bits per heavy atom. The van der Waals surface area contributed by atoms with E-state index < -0.39 is 0 Å². The monoisotopic (exact) mass is 292 g/mol. The second kappa shape index (κ2) is 7.88. The van der Waals surface area contributed by atoms with Gasteiger partial charge in [0, 0.05) is 20.1 Å². The molecule has 0 aliphatic carbocycles. The van der Waals surface area contributed by atoms with Crippen molar-refractivity contribution >= 4 is 5.91 Å². The van der Waals surface area contributed by atoms with Gasteiger partial charge in [-0.1, -0.05) is 12.1 Å². The number of methoxy groups -OCH3 is 1. The fraction of sp³-hybridized carbons (Fsp3) is 0.562. The summed E-state index contributed by atoms with van der Waals surface area (Å²) in [6.07, 6.45) is 2.54. The minimum Gasteiger partial charge on any atom is -0.493 e. The van der Waals surface area contributed by atoms with E-state index in [4.69, 9.17) is 9.47 Å². The number of hydrogen-bond donors (Lipinski definition) is 0. The van der Waals surface area contributed by atoms with E-state index in [0.717, 1.165) is 26.2 Å². The number of benzene rings is 1. The second-order valence-corrected chi connectivity index (χ2v) is 5.30. The molecule has 1 saturated heterocycles. The number of para-hydroxylation sites is 2. The number of carbonyl (C=O) groups excluding carboxylic acids is 1. The summed E-state index contributed by atoms with van der Waals surface area (Å²) in [6, 6.07) is 7.35. The van der Waals surface area contributed by atoms with Crippen LogP contribution >= 0.6 is 0 Å². The van der Waals surface area contributed by atoms with Gasteiger partial charge in [-0.05, 0) is 38.1 Å². The van der Waals surface area contributed by atoms with Crippen molar-refractivity contribution in [3.63, 3.8) is 0 Å². The van der Waals surface area contributed by atoms with Gasteiger partial charge in [-0.25, -0.2) is 0 Å². The van der Waals surface area contributed by atoms with E-state index in [1.807, 2.05) is 25.2 Å². The van der Waals surface area contributed by atoms with Gasteiger partial charge in [-0.15, -0.1) is 0 Å². The first-order valence-corrected chi connectivity index (χ1v) is 7.43. The highest BCUT2D eigenvalue weighted by atomic mass is 16.5. The van der Waals surface area contributed by atoms with Crippen molar-refractivity contribution in [1.82, 2.24) is 9.80 Å². The zero-order valence-corrected chi connectivity index (χ0v) is 12.9. The summed E-state index contributed by atoms with van der Waals surface area (Å²) in [5, 5.41) is 0. The fourth-order valence-electron chi connectivity index (χ4n) is 2.41. The van der Waals surface area contributed by atoms with Crippen LogP contribution in [0.4, 0.5) is 0 Å². The lowest BCUT2D eigenvalue weighted by molar-refractivity contribution is -0.132. The molecule has 1 aliphatic heterocycles. The van der Waals surface area contributed by atoms with Gasteiger partial charge in [-0.2, -0.15) is 0 Å². The number of ether oxygens (including phenoxy) is 2. The molecule has 0 radical (unpaired) electrons. The molecule has 116 valence electrons. The first kappa shape index (κ1) is 15.6. The lowest BCUT2D eigenvalue weighted by Crippen LogP contribution is -2.37. The second-order valence-electron chi connectivity index (χ2n) is 5.30. The van der Waals surface area contributed by atoms with Crippen LogP contribution in [0.1, 0.15) is 12.8 Å². The van der Waals surface area contributed by atoms with E-state index in [0.29, 0.717) is 11.5 Å². The number of hydrogen-bond acceptors (Lipinski definition) is 4. The molecule has 1 amide bonds. The minimum atomic E-state index is -0.0138. The van der Waals surface area contributed by atoms with Crippen LogP contribution in [0.3, 0.4) is 0 Å². The predicted molar refractivity (Wildman–Crippen MR) is 81.8 cm³/mol. The molecule has 0 aromatic heterocycles. The Balaban J connectivity index is 1.75. The average molecular weight is 292 g/mol. The van der Waals surface area contributed by atoms with Crippen molar-refractivity contribution in [2.45, 2.75) is 12.8 Å². The topological polar surface area (TPSA) is 42.0 Å². The number of rotatable bonds is 7. The molecule has 5 heteroatoms. The number of nitrogens with zero attached hydrogens (tertiary/aromatic N) is 2. The van der Waals surface area contributed by atoms with Gasteiger partial charge in [0.1, 0.15) is 0 Å². The zero-order valence-electron chi connectivity index (χ0n) is 12.9. The summed E-state index contributed by atoms with van der Waals surface area (Å²) in [6.45, 7) is 4.03. The maximum absolute atomic E-state index is 12.1. The van der Waals surface area contributed by atoms with Crippen LogP contribution in [0, 0.1) is 0 Å². The Morgan fingerprint density at radius 1 is 1.24 bits per heavy atom. The summed E-state index contributed by atoms with van der Waals surface area (Å²) in [5.74, 6) is 1.23. The molecule has 0 N–H and O–H groups in total. The first-order chi connectivity index (χ1) is 10.2. The van der Waals surface area contributed by atoms with Gasteiger partial charge < -0.3 is 19.3 Å². The SMILES string of the molecule is COc1ccccc1OCC(=O)N(C)CCN1CCCC1. The third-order valence-electron chi connectivity index (χ3n) is 3.80. The number of likely N-dealkylation sites (N-methyl/N-ethyl adjacent to an activating group) is 1. The molecule has 1 heterocycles. The Morgan fingerprint density at radius 2 is 1.90 bits per heavy atom. The molecule has 21 heavy (non-hydrogen) atoms. The van der Waals surface area contributed by atoms with E-state index in [-0.39, 0.29) is 12.5 Å². The van der Waals surface area contributed by atoms with Crippen molar-refractivity contribution in [2.24, 2.45) is 0 Å². The maximum Gasteiger partial charge on any atom is 0.260 e. The predicted octanol–water partition coefficient (Wildman–Crippen LogP) is 1.63. The molecular formula is C16H24N2O3. The summed E-state index contributed by atoms with van der Waals surface area (Å²) >= 11 is 0. The largest absolute Gasteiger partial charge is 0.493 e. The van der Waals surface area contributed by atoms with Gasteiger partial charge in [-0.3, -0.25) is 4.79 Å². The lowest BCUT2D eigenvalue weighted by Gasteiger charge is -2.21. The molecule has 1 aliphatic rings. The Kier molecular flexibility index (Phi) is 5.87. The first-order valence-electron chi connectivity index (χ1n) is 7.43.